The van der Waals surface area contributed by atoms with Gasteiger partial charge in [-0.15, -0.1) is 0 Å². The second-order valence-corrected chi connectivity index (χ2v) is 6.78. The van der Waals surface area contributed by atoms with Gasteiger partial charge in [-0.2, -0.15) is 0 Å². The average Bonchev–Trinajstić information content (AvgIpc) is 2.46. The van der Waals surface area contributed by atoms with Crippen molar-refractivity contribution in [2.45, 2.75) is 45.2 Å². The fourth-order valence-electron chi connectivity index (χ4n) is 2.90. The molecule has 0 fully saturated rings. The van der Waals surface area contributed by atoms with Crippen LogP contribution in [0.5, 0.6) is 0 Å². The monoisotopic (exact) mass is 265 g/mol. The molecule has 1 unspecified atom stereocenters. The van der Waals surface area contributed by atoms with Gasteiger partial charge in [-0.25, -0.2) is 0 Å². The summed E-state index contributed by atoms with van der Waals surface area (Å²) < 4.78 is 0. The van der Waals surface area contributed by atoms with E-state index in [0.717, 1.165) is 13.0 Å². The van der Waals surface area contributed by atoms with Crippen LogP contribution >= 0.6 is 0 Å². The van der Waals surface area contributed by atoms with Gasteiger partial charge in [0.2, 0.25) is 0 Å². The predicted octanol–water partition coefficient (Wildman–Crippen LogP) is 4.37. The van der Waals surface area contributed by atoms with E-state index in [-0.39, 0.29) is 5.41 Å². The van der Waals surface area contributed by atoms with Crippen LogP contribution in [0.15, 0.2) is 48.5 Å². The second-order valence-electron chi connectivity index (χ2n) is 6.78. The lowest BCUT2D eigenvalue weighted by Crippen LogP contribution is -2.29. The zero-order chi connectivity index (χ0) is 14.2. The van der Waals surface area contributed by atoms with Gasteiger partial charge in [0, 0.05) is 12.6 Å². The van der Waals surface area contributed by atoms with Gasteiger partial charge in [0.15, 0.2) is 0 Å². The molecule has 0 bridgehead atoms. The van der Waals surface area contributed by atoms with Gasteiger partial charge in [-0.05, 0) is 34.1 Å². The molecule has 0 saturated carbocycles. The van der Waals surface area contributed by atoms with Crippen LogP contribution in [0.2, 0.25) is 0 Å². The molecular weight excluding hydrogens is 242 g/mol. The molecule has 0 amide bonds. The molecule has 1 aliphatic rings. The van der Waals surface area contributed by atoms with Gasteiger partial charge < -0.3 is 5.32 Å². The fourth-order valence-corrected chi connectivity index (χ4v) is 2.90. The van der Waals surface area contributed by atoms with Crippen molar-refractivity contribution in [1.29, 1.82) is 0 Å². The highest BCUT2D eigenvalue weighted by Crippen LogP contribution is 2.30. The highest BCUT2D eigenvalue weighted by molar-refractivity contribution is 5.38. The molecule has 20 heavy (non-hydrogen) atoms. The Balaban J connectivity index is 1.86. The molecule has 3 rings (SSSR count). The van der Waals surface area contributed by atoms with E-state index in [4.69, 9.17) is 0 Å². The van der Waals surface area contributed by atoms with E-state index in [1.54, 1.807) is 0 Å². The second kappa shape index (κ2) is 5.06. The first-order valence-electron chi connectivity index (χ1n) is 7.44. The molecule has 1 N–H and O–H groups in total. The van der Waals surface area contributed by atoms with Crippen molar-refractivity contribution in [3.8, 4) is 0 Å². The molecule has 1 heterocycles. The molecule has 1 nitrogen and oxygen atoms in total. The van der Waals surface area contributed by atoms with Crippen molar-refractivity contribution in [3.05, 3.63) is 70.8 Å². The Morgan fingerprint density at radius 1 is 0.950 bits per heavy atom. The Labute approximate surface area is 122 Å². The van der Waals surface area contributed by atoms with Gasteiger partial charge in [0.05, 0.1) is 0 Å². The topological polar surface area (TPSA) is 12.0 Å². The summed E-state index contributed by atoms with van der Waals surface area (Å²) in [4.78, 5) is 0. The summed E-state index contributed by atoms with van der Waals surface area (Å²) in [6.45, 7) is 7.80. The highest BCUT2D eigenvalue weighted by Gasteiger charge is 2.21. The fraction of sp³-hybridized carbons (Fsp3) is 0.368. The van der Waals surface area contributed by atoms with Gasteiger partial charge >= 0.3 is 0 Å². The number of benzene rings is 2. The quantitative estimate of drug-likeness (QED) is 0.807. The first-order valence-corrected chi connectivity index (χ1v) is 7.44. The maximum atomic E-state index is 3.67. The molecule has 2 aromatic rings. The van der Waals surface area contributed by atoms with Crippen molar-refractivity contribution in [3.63, 3.8) is 0 Å². The average molecular weight is 265 g/mol. The van der Waals surface area contributed by atoms with E-state index in [1.165, 1.54) is 22.3 Å². The number of nitrogens with one attached hydrogen (secondary N) is 1. The molecule has 0 aliphatic carbocycles. The van der Waals surface area contributed by atoms with Crippen LogP contribution in [0.4, 0.5) is 0 Å². The van der Waals surface area contributed by atoms with E-state index in [0.29, 0.717) is 6.04 Å². The molecule has 0 aromatic heterocycles. The Hall–Kier alpha value is -1.60. The third-order valence-corrected chi connectivity index (χ3v) is 4.24. The van der Waals surface area contributed by atoms with E-state index < -0.39 is 0 Å². The van der Waals surface area contributed by atoms with Crippen molar-refractivity contribution in [2.24, 2.45) is 0 Å². The first-order chi connectivity index (χ1) is 9.54. The zero-order valence-electron chi connectivity index (χ0n) is 12.6. The van der Waals surface area contributed by atoms with Crippen LogP contribution in [-0.4, -0.2) is 0 Å². The zero-order valence-corrected chi connectivity index (χ0v) is 12.6. The minimum Gasteiger partial charge on any atom is -0.306 e. The summed E-state index contributed by atoms with van der Waals surface area (Å²) in [5.41, 5.74) is 6.00. The summed E-state index contributed by atoms with van der Waals surface area (Å²) in [7, 11) is 0. The lowest BCUT2D eigenvalue weighted by Gasteiger charge is -2.29. The molecule has 0 radical (unpaired) electrons. The molecule has 2 aromatic carbocycles. The Morgan fingerprint density at radius 3 is 2.40 bits per heavy atom. The summed E-state index contributed by atoms with van der Waals surface area (Å²) in [6, 6.07) is 18.2. The predicted molar refractivity (Wildman–Crippen MR) is 84.9 cm³/mol. The Kier molecular flexibility index (Phi) is 3.39. The summed E-state index contributed by atoms with van der Waals surface area (Å²) in [6.07, 6.45) is 1.09. The Morgan fingerprint density at radius 2 is 1.70 bits per heavy atom. The minimum absolute atomic E-state index is 0.227. The lowest BCUT2D eigenvalue weighted by molar-refractivity contribution is 0.496. The van der Waals surface area contributed by atoms with Crippen molar-refractivity contribution < 1.29 is 0 Å². The number of rotatable bonds is 1. The van der Waals surface area contributed by atoms with E-state index in [2.05, 4.69) is 74.6 Å². The normalized spacial score (nSPS) is 18.6. The molecule has 1 heteroatoms. The lowest BCUT2D eigenvalue weighted by atomic mass is 9.83. The van der Waals surface area contributed by atoms with Crippen LogP contribution in [0.3, 0.4) is 0 Å². The van der Waals surface area contributed by atoms with Crippen LogP contribution in [-0.2, 0) is 18.4 Å². The van der Waals surface area contributed by atoms with Crippen LogP contribution in [0.1, 0.15) is 49.1 Å². The highest BCUT2D eigenvalue weighted by atomic mass is 14.9. The Bertz CT molecular complexity index is 593. The number of fused-ring (bicyclic) bond motifs is 1. The van der Waals surface area contributed by atoms with E-state index in [9.17, 15) is 0 Å². The largest absolute Gasteiger partial charge is 0.306 e. The standard InChI is InChI=1S/C19H23N/c1-19(2,3)17-10-9-15-12-18(20-13-16(15)11-17)14-7-5-4-6-8-14/h4-11,18,20H,12-13H2,1-3H3. The SMILES string of the molecule is CC(C)(C)c1ccc2c(c1)CNC(c1ccccc1)C2. The molecular formula is C19H23N. The molecule has 1 atom stereocenters. The third-order valence-electron chi connectivity index (χ3n) is 4.24. The summed E-state index contributed by atoms with van der Waals surface area (Å²) >= 11 is 0. The van der Waals surface area contributed by atoms with E-state index >= 15 is 0 Å². The van der Waals surface area contributed by atoms with Crippen LogP contribution in [0, 0.1) is 0 Å². The van der Waals surface area contributed by atoms with Crippen LogP contribution < -0.4 is 5.32 Å². The van der Waals surface area contributed by atoms with Gasteiger partial charge in [-0.1, -0.05) is 69.3 Å². The first kappa shape index (κ1) is 13.4. The van der Waals surface area contributed by atoms with E-state index in [1.807, 2.05) is 0 Å². The maximum Gasteiger partial charge on any atom is 0.0363 e. The minimum atomic E-state index is 0.227. The van der Waals surface area contributed by atoms with Gasteiger partial charge in [-0.3, -0.25) is 0 Å². The molecule has 104 valence electrons. The molecule has 0 saturated heterocycles. The van der Waals surface area contributed by atoms with Gasteiger partial charge in [0.1, 0.15) is 0 Å². The molecule has 0 spiro atoms. The maximum absolute atomic E-state index is 3.67. The van der Waals surface area contributed by atoms with Gasteiger partial charge in [0.25, 0.3) is 0 Å². The van der Waals surface area contributed by atoms with Crippen molar-refractivity contribution in [2.75, 3.05) is 0 Å². The van der Waals surface area contributed by atoms with Crippen LogP contribution in [0.25, 0.3) is 0 Å². The smallest absolute Gasteiger partial charge is 0.0363 e. The number of hydrogen-bond acceptors (Lipinski definition) is 1. The van der Waals surface area contributed by atoms with Crippen molar-refractivity contribution in [1.82, 2.24) is 5.32 Å². The summed E-state index contributed by atoms with van der Waals surface area (Å²) in [5, 5.41) is 3.67. The van der Waals surface area contributed by atoms with Crippen molar-refractivity contribution >= 4 is 0 Å². The molecule has 1 aliphatic heterocycles. The summed E-state index contributed by atoms with van der Waals surface area (Å²) in [5.74, 6) is 0. The number of hydrogen-bond donors (Lipinski definition) is 1. The third kappa shape index (κ3) is 2.64.